The minimum atomic E-state index is -4.20. The second-order valence-corrected chi connectivity index (χ2v) is 5.23. The van der Waals surface area contributed by atoms with Crippen molar-refractivity contribution in [1.29, 1.82) is 0 Å². The van der Waals surface area contributed by atoms with Crippen LogP contribution in [0.15, 0.2) is 10.6 Å². The molecular formula is C13H17F3N2O3. The van der Waals surface area contributed by atoms with E-state index in [1.165, 1.54) is 6.07 Å². The predicted octanol–water partition coefficient (Wildman–Crippen LogP) is 2.60. The van der Waals surface area contributed by atoms with E-state index in [0.29, 0.717) is 18.6 Å². The van der Waals surface area contributed by atoms with Crippen molar-refractivity contribution in [3.8, 4) is 5.88 Å². The Balaban J connectivity index is 1.77. The molecule has 0 radical (unpaired) electrons. The zero-order valence-corrected chi connectivity index (χ0v) is 11.6. The molecule has 8 heteroatoms. The number of ether oxygens (including phenoxy) is 1. The van der Waals surface area contributed by atoms with Crippen LogP contribution in [-0.2, 0) is 4.79 Å². The molecule has 1 fully saturated rings. The van der Waals surface area contributed by atoms with Crippen LogP contribution in [0.5, 0.6) is 5.88 Å². The topological polar surface area (TPSA) is 64.4 Å². The number of nitrogens with one attached hydrogen (secondary N) is 1. The molecular weight excluding hydrogens is 289 g/mol. The Labute approximate surface area is 119 Å². The normalized spacial score (nSPS) is 22.9. The molecule has 5 nitrogen and oxygen atoms in total. The Morgan fingerprint density at radius 2 is 2.29 bits per heavy atom. The minimum Gasteiger partial charge on any atom is -0.465 e. The lowest BCUT2D eigenvalue weighted by molar-refractivity contribution is -0.184. The first kappa shape index (κ1) is 15.7. The number of nitrogens with zero attached hydrogens (tertiary/aromatic N) is 1. The Hall–Kier alpha value is -1.73. The summed E-state index contributed by atoms with van der Waals surface area (Å²) in [6.07, 6.45) is -3.12. The molecule has 1 aliphatic rings. The zero-order valence-electron chi connectivity index (χ0n) is 11.6. The van der Waals surface area contributed by atoms with Gasteiger partial charge >= 0.3 is 6.18 Å². The summed E-state index contributed by atoms with van der Waals surface area (Å²) in [4.78, 5) is 11.7. The molecule has 0 aliphatic heterocycles. The molecule has 1 aliphatic carbocycles. The largest absolute Gasteiger partial charge is 0.465 e. The Bertz CT molecular complexity index is 487. The number of alkyl halides is 3. The van der Waals surface area contributed by atoms with Crippen LogP contribution in [0.25, 0.3) is 0 Å². The van der Waals surface area contributed by atoms with E-state index in [-0.39, 0.29) is 25.3 Å². The number of rotatable bonds is 4. The second kappa shape index (κ2) is 6.36. The molecule has 0 aromatic carbocycles. The van der Waals surface area contributed by atoms with Gasteiger partial charge in [-0.1, -0.05) is 6.42 Å². The van der Waals surface area contributed by atoms with Crippen molar-refractivity contribution in [2.45, 2.75) is 44.8 Å². The molecule has 1 N–H and O–H groups in total. The number of halogens is 3. The van der Waals surface area contributed by atoms with Crippen LogP contribution < -0.4 is 10.1 Å². The average molecular weight is 306 g/mol. The van der Waals surface area contributed by atoms with E-state index in [1.54, 1.807) is 6.92 Å². The zero-order chi connectivity index (χ0) is 15.5. The molecule has 1 amide bonds. The van der Waals surface area contributed by atoms with Crippen LogP contribution in [0.3, 0.4) is 0 Å². The number of amides is 1. The fourth-order valence-corrected chi connectivity index (χ4v) is 2.44. The van der Waals surface area contributed by atoms with Gasteiger partial charge in [-0.2, -0.15) is 13.2 Å². The van der Waals surface area contributed by atoms with Gasteiger partial charge in [-0.25, -0.2) is 0 Å². The molecule has 0 bridgehead atoms. The summed E-state index contributed by atoms with van der Waals surface area (Å²) < 4.78 is 47.9. The Kier molecular flexibility index (Phi) is 4.74. The van der Waals surface area contributed by atoms with Crippen LogP contribution >= 0.6 is 0 Å². The maximum atomic E-state index is 12.7. The molecule has 2 rings (SSSR count). The van der Waals surface area contributed by atoms with Crippen LogP contribution in [0, 0.1) is 12.8 Å². The van der Waals surface area contributed by atoms with Gasteiger partial charge in [-0.05, 0) is 31.3 Å². The molecule has 2 unspecified atom stereocenters. The van der Waals surface area contributed by atoms with Crippen molar-refractivity contribution < 1.29 is 27.2 Å². The predicted molar refractivity (Wildman–Crippen MR) is 66.7 cm³/mol. The van der Waals surface area contributed by atoms with Gasteiger partial charge in [0.2, 0.25) is 0 Å². The standard InChI is InChI=1S/C13H17F3N2O3/c1-8-5-12(18-21-8)20-7-11(19)17-10-4-2-3-9(6-10)13(14,15)16/h5,9-10H,2-4,6-7H2,1H3,(H,17,19). The highest BCUT2D eigenvalue weighted by atomic mass is 19.4. The summed E-state index contributed by atoms with van der Waals surface area (Å²) in [5, 5.41) is 6.13. The van der Waals surface area contributed by atoms with Gasteiger partial charge in [-0.3, -0.25) is 4.79 Å². The summed E-state index contributed by atoms with van der Waals surface area (Å²) in [5.74, 6) is -1.07. The fourth-order valence-electron chi connectivity index (χ4n) is 2.44. The summed E-state index contributed by atoms with van der Waals surface area (Å²) in [5.41, 5.74) is 0. The van der Waals surface area contributed by atoms with Crippen molar-refractivity contribution in [3.63, 3.8) is 0 Å². The smallest absolute Gasteiger partial charge is 0.391 e. The maximum Gasteiger partial charge on any atom is 0.391 e. The molecule has 118 valence electrons. The molecule has 0 spiro atoms. The number of carbonyl (C=O) groups is 1. The fraction of sp³-hybridized carbons (Fsp3) is 0.692. The van der Waals surface area contributed by atoms with Gasteiger partial charge in [0.15, 0.2) is 6.61 Å². The van der Waals surface area contributed by atoms with Gasteiger partial charge in [-0.15, -0.1) is 0 Å². The van der Waals surface area contributed by atoms with Gasteiger partial charge in [0.25, 0.3) is 11.8 Å². The van der Waals surface area contributed by atoms with E-state index in [0.717, 1.165) is 0 Å². The molecule has 2 atom stereocenters. The van der Waals surface area contributed by atoms with Gasteiger partial charge in [0.1, 0.15) is 5.76 Å². The third-order valence-corrected chi connectivity index (χ3v) is 3.46. The van der Waals surface area contributed by atoms with Crippen molar-refractivity contribution in [1.82, 2.24) is 10.5 Å². The third kappa shape index (κ3) is 4.64. The first-order chi connectivity index (χ1) is 9.84. The van der Waals surface area contributed by atoms with Crippen LogP contribution in [0.1, 0.15) is 31.4 Å². The van der Waals surface area contributed by atoms with Crippen LogP contribution in [0.4, 0.5) is 13.2 Å². The lowest BCUT2D eigenvalue weighted by atomic mass is 9.85. The number of aryl methyl sites for hydroxylation is 1. The van der Waals surface area contributed by atoms with Crippen molar-refractivity contribution in [3.05, 3.63) is 11.8 Å². The first-order valence-electron chi connectivity index (χ1n) is 6.77. The molecule has 1 aromatic heterocycles. The van der Waals surface area contributed by atoms with Crippen LogP contribution in [0.2, 0.25) is 0 Å². The van der Waals surface area contributed by atoms with Gasteiger partial charge < -0.3 is 14.6 Å². The summed E-state index contributed by atoms with van der Waals surface area (Å²) >= 11 is 0. The Morgan fingerprint density at radius 1 is 1.52 bits per heavy atom. The van der Waals surface area contributed by atoms with E-state index in [2.05, 4.69) is 10.5 Å². The lowest BCUT2D eigenvalue weighted by Gasteiger charge is -2.30. The van der Waals surface area contributed by atoms with Crippen molar-refractivity contribution in [2.75, 3.05) is 6.61 Å². The number of hydrogen-bond acceptors (Lipinski definition) is 4. The van der Waals surface area contributed by atoms with E-state index in [4.69, 9.17) is 9.26 Å². The van der Waals surface area contributed by atoms with Crippen molar-refractivity contribution >= 4 is 5.91 Å². The number of hydrogen-bond donors (Lipinski definition) is 1. The Morgan fingerprint density at radius 3 is 2.90 bits per heavy atom. The summed E-state index contributed by atoms with van der Waals surface area (Å²) in [6.45, 7) is 1.39. The van der Waals surface area contributed by atoms with E-state index in [9.17, 15) is 18.0 Å². The number of aromatic nitrogens is 1. The maximum absolute atomic E-state index is 12.7. The van der Waals surface area contributed by atoms with E-state index >= 15 is 0 Å². The van der Waals surface area contributed by atoms with Gasteiger partial charge in [0, 0.05) is 12.1 Å². The number of carbonyl (C=O) groups excluding carboxylic acids is 1. The average Bonchev–Trinajstić information content (AvgIpc) is 2.82. The third-order valence-electron chi connectivity index (χ3n) is 3.46. The summed E-state index contributed by atoms with van der Waals surface area (Å²) in [6, 6.07) is 1.06. The molecule has 1 aromatic rings. The monoisotopic (exact) mass is 306 g/mol. The minimum absolute atomic E-state index is 0.0711. The van der Waals surface area contributed by atoms with E-state index in [1.807, 2.05) is 0 Å². The first-order valence-corrected chi connectivity index (χ1v) is 6.77. The van der Waals surface area contributed by atoms with Crippen LogP contribution in [-0.4, -0.2) is 29.9 Å². The molecule has 21 heavy (non-hydrogen) atoms. The van der Waals surface area contributed by atoms with Crippen molar-refractivity contribution in [2.24, 2.45) is 5.92 Å². The molecule has 1 heterocycles. The van der Waals surface area contributed by atoms with Gasteiger partial charge in [0.05, 0.1) is 5.92 Å². The lowest BCUT2D eigenvalue weighted by Crippen LogP contribution is -2.43. The summed E-state index contributed by atoms with van der Waals surface area (Å²) in [7, 11) is 0. The highest BCUT2D eigenvalue weighted by molar-refractivity contribution is 5.77. The SMILES string of the molecule is Cc1cc(OCC(=O)NC2CCCC(C(F)(F)F)C2)no1. The molecule has 0 saturated heterocycles. The van der Waals surface area contributed by atoms with E-state index < -0.39 is 24.0 Å². The molecule has 1 saturated carbocycles. The highest BCUT2D eigenvalue weighted by Crippen LogP contribution is 2.37. The second-order valence-electron chi connectivity index (χ2n) is 5.23. The highest BCUT2D eigenvalue weighted by Gasteiger charge is 2.42. The quantitative estimate of drug-likeness (QED) is 0.928.